The Morgan fingerprint density at radius 1 is 1.19 bits per heavy atom. The number of rotatable bonds is 3. The molecule has 1 heterocycles. The van der Waals surface area contributed by atoms with Gasteiger partial charge in [-0.3, -0.25) is 0 Å². The van der Waals surface area contributed by atoms with E-state index in [1.54, 1.807) is 32.4 Å². The fourth-order valence-electron chi connectivity index (χ4n) is 1.61. The van der Waals surface area contributed by atoms with Gasteiger partial charge < -0.3 is 14.3 Å². The summed E-state index contributed by atoms with van der Waals surface area (Å²) in [6, 6.07) is 10.8. The molecule has 84 valence electrons. The maximum atomic E-state index is 10.4. The van der Waals surface area contributed by atoms with Crippen molar-refractivity contribution in [2.75, 3.05) is 7.11 Å². The second-order valence-corrected chi connectivity index (χ2v) is 3.78. The first-order chi connectivity index (χ1) is 7.64. The smallest absolute Gasteiger partial charge is 0.144 e. The molecule has 0 saturated heterocycles. The van der Waals surface area contributed by atoms with Crippen molar-refractivity contribution in [1.29, 1.82) is 0 Å². The minimum Gasteiger partial charge on any atom is -0.497 e. The second-order valence-electron chi connectivity index (χ2n) is 3.78. The Balaban J connectivity index is 2.35. The Labute approximate surface area is 94.3 Å². The highest BCUT2D eigenvalue weighted by Gasteiger charge is 2.28. The predicted molar refractivity (Wildman–Crippen MR) is 60.4 cm³/mol. The molecular formula is C13H14O3. The maximum Gasteiger partial charge on any atom is 0.144 e. The lowest BCUT2D eigenvalue weighted by atomic mass is 9.93. The van der Waals surface area contributed by atoms with Crippen LogP contribution in [0.5, 0.6) is 5.75 Å². The quantitative estimate of drug-likeness (QED) is 0.860. The molecule has 0 aliphatic rings. The minimum absolute atomic E-state index is 0.526. The number of hydrogen-bond acceptors (Lipinski definition) is 3. The van der Waals surface area contributed by atoms with E-state index in [4.69, 9.17) is 9.15 Å². The Kier molecular flexibility index (Phi) is 2.71. The van der Waals surface area contributed by atoms with E-state index in [0.717, 1.165) is 11.3 Å². The van der Waals surface area contributed by atoms with E-state index in [2.05, 4.69) is 0 Å². The molecule has 3 nitrogen and oxygen atoms in total. The summed E-state index contributed by atoms with van der Waals surface area (Å²) in [5.74, 6) is 1.29. The van der Waals surface area contributed by atoms with Crippen molar-refractivity contribution in [2.45, 2.75) is 12.5 Å². The SMILES string of the molecule is COc1ccc([C@](C)(O)c2ccco2)cc1. The van der Waals surface area contributed by atoms with E-state index >= 15 is 0 Å². The first-order valence-corrected chi connectivity index (χ1v) is 5.05. The monoisotopic (exact) mass is 218 g/mol. The van der Waals surface area contributed by atoms with Crippen LogP contribution in [-0.2, 0) is 5.60 Å². The highest BCUT2D eigenvalue weighted by molar-refractivity contribution is 5.34. The number of hydrogen-bond donors (Lipinski definition) is 1. The summed E-state index contributed by atoms with van der Waals surface area (Å²) in [4.78, 5) is 0. The van der Waals surface area contributed by atoms with Gasteiger partial charge in [0.2, 0.25) is 0 Å². The lowest BCUT2D eigenvalue weighted by molar-refractivity contribution is 0.0767. The minimum atomic E-state index is -1.12. The molecule has 0 aliphatic carbocycles. The molecule has 0 fully saturated rings. The first-order valence-electron chi connectivity index (χ1n) is 5.05. The Morgan fingerprint density at radius 3 is 2.38 bits per heavy atom. The summed E-state index contributed by atoms with van der Waals surface area (Å²) in [6.07, 6.45) is 1.55. The van der Waals surface area contributed by atoms with E-state index in [9.17, 15) is 5.11 Å². The standard InChI is InChI=1S/C13H14O3/c1-13(14,12-4-3-9-16-12)10-5-7-11(15-2)8-6-10/h3-9,14H,1-2H3/t13-/m0/s1. The molecule has 1 aromatic carbocycles. The molecule has 0 spiro atoms. The van der Waals surface area contributed by atoms with Gasteiger partial charge in [0.15, 0.2) is 0 Å². The molecule has 0 aliphatic heterocycles. The molecule has 0 radical (unpaired) electrons. The van der Waals surface area contributed by atoms with Gasteiger partial charge in [0.1, 0.15) is 17.1 Å². The van der Waals surface area contributed by atoms with E-state index in [0.29, 0.717) is 5.76 Å². The van der Waals surface area contributed by atoms with Gasteiger partial charge in [0.05, 0.1) is 13.4 Å². The van der Waals surface area contributed by atoms with Crippen molar-refractivity contribution in [1.82, 2.24) is 0 Å². The Bertz CT molecular complexity index is 441. The summed E-state index contributed by atoms with van der Waals surface area (Å²) in [6.45, 7) is 1.70. The highest BCUT2D eigenvalue weighted by atomic mass is 16.5. The van der Waals surface area contributed by atoms with Crippen LogP contribution in [0.3, 0.4) is 0 Å². The zero-order valence-electron chi connectivity index (χ0n) is 9.31. The summed E-state index contributed by atoms with van der Waals surface area (Å²) in [5, 5.41) is 10.4. The zero-order chi connectivity index (χ0) is 11.6. The van der Waals surface area contributed by atoms with E-state index in [-0.39, 0.29) is 0 Å². The second kappa shape index (κ2) is 4.02. The fourth-order valence-corrected chi connectivity index (χ4v) is 1.61. The number of methoxy groups -OCH3 is 1. The third-order valence-electron chi connectivity index (χ3n) is 2.65. The van der Waals surface area contributed by atoms with Crippen molar-refractivity contribution in [3.05, 3.63) is 54.0 Å². The highest BCUT2D eigenvalue weighted by Crippen LogP contribution is 2.30. The van der Waals surface area contributed by atoms with Gasteiger partial charge in [0, 0.05) is 0 Å². The first kappa shape index (κ1) is 10.8. The lowest BCUT2D eigenvalue weighted by Gasteiger charge is -2.21. The van der Waals surface area contributed by atoms with Crippen LogP contribution in [0.25, 0.3) is 0 Å². The molecule has 0 bridgehead atoms. The van der Waals surface area contributed by atoms with Crippen molar-refractivity contribution < 1.29 is 14.3 Å². The van der Waals surface area contributed by atoms with Gasteiger partial charge in [0.25, 0.3) is 0 Å². The molecule has 1 aromatic heterocycles. The van der Waals surface area contributed by atoms with Crippen molar-refractivity contribution in [3.63, 3.8) is 0 Å². The number of ether oxygens (including phenoxy) is 1. The third-order valence-corrected chi connectivity index (χ3v) is 2.65. The number of aliphatic hydroxyl groups is 1. The van der Waals surface area contributed by atoms with Gasteiger partial charge in [-0.05, 0) is 36.8 Å². The van der Waals surface area contributed by atoms with Crippen LogP contribution in [0.1, 0.15) is 18.2 Å². The lowest BCUT2D eigenvalue weighted by Crippen LogP contribution is -2.21. The normalized spacial score (nSPS) is 14.4. The van der Waals surface area contributed by atoms with Gasteiger partial charge >= 0.3 is 0 Å². The van der Waals surface area contributed by atoms with Crippen LogP contribution in [0.2, 0.25) is 0 Å². The van der Waals surface area contributed by atoms with Gasteiger partial charge in [-0.25, -0.2) is 0 Å². The third kappa shape index (κ3) is 1.82. The van der Waals surface area contributed by atoms with Gasteiger partial charge in [-0.15, -0.1) is 0 Å². The van der Waals surface area contributed by atoms with Crippen LogP contribution in [0.15, 0.2) is 47.1 Å². The van der Waals surface area contributed by atoms with Crippen LogP contribution in [0, 0.1) is 0 Å². The molecule has 2 aromatic rings. The number of benzene rings is 1. The van der Waals surface area contributed by atoms with Crippen LogP contribution >= 0.6 is 0 Å². The van der Waals surface area contributed by atoms with Crippen molar-refractivity contribution >= 4 is 0 Å². The molecule has 1 atom stereocenters. The summed E-state index contributed by atoms with van der Waals surface area (Å²) in [7, 11) is 1.61. The van der Waals surface area contributed by atoms with Crippen LogP contribution < -0.4 is 4.74 Å². The molecule has 16 heavy (non-hydrogen) atoms. The number of furan rings is 1. The summed E-state index contributed by atoms with van der Waals surface area (Å²) < 4.78 is 10.3. The van der Waals surface area contributed by atoms with E-state index < -0.39 is 5.60 Å². The molecule has 0 unspecified atom stereocenters. The maximum absolute atomic E-state index is 10.4. The van der Waals surface area contributed by atoms with Crippen LogP contribution in [0.4, 0.5) is 0 Å². The van der Waals surface area contributed by atoms with E-state index in [1.807, 2.05) is 24.3 Å². The average molecular weight is 218 g/mol. The molecule has 0 saturated carbocycles. The van der Waals surface area contributed by atoms with Gasteiger partial charge in [-0.2, -0.15) is 0 Å². The fraction of sp³-hybridized carbons (Fsp3) is 0.231. The molecule has 1 N–H and O–H groups in total. The average Bonchev–Trinajstić information content (AvgIpc) is 2.83. The molecular weight excluding hydrogens is 204 g/mol. The zero-order valence-corrected chi connectivity index (χ0v) is 9.31. The molecule has 0 amide bonds. The Hall–Kier alpha value is -1.74. The molecule has 3 heteroatoms. The largest absolute Gasteiger partial charge is 0.497 e. The van der Waals surface area contributed by atoms with Gasteiger partial charge in [-0.1, -0.05) is 12.1 Å². The summed E-state index contributed by atoms with van der Waals surface area (Å²) in [5.41, 5.74) is -0.348. The summed E-state index contributed by atoms with van der Waals surface area (Å²) >= 11 is 0. The molecule has 2 rings (SSSR count). The topological polar surface area (TPSA) is 42.6 Å². The Morgan fingerprint density at radius 2 is 1.88 bits per heavy atom. The van der Waals surface area contributed by atoms with Crippen molar-refractivity contribution in [3.8, 4) is 5.75 Å². The van der Waals surface area contributed by atoms with E-state index in [1.165, 1.54) is 0 Å². The van der Waals surface area contributed by atoms with Crippen molar-refractivity contribution in [2.24, 2.45) is 0 Å². The predicted octanol–water partition coefficient (Wildman–Crippen LogP) is 2.54. The van der Waals surface area contributed by atoms with Crippen LogP contribution in [-0.4, -0.2) is 12.2 Å².